The number of nitrogens with zero attached hydrogens (tertiary/aromatic N) is 4. The van der Waals surface area contributed by atoms with Crippen LogP contribution in [0.1, 0.15) is 38.5 Å². The molecule has 4 heterocycles. The molecule has 8 heteroatoms. The van der Waals surface area contributed by atoms with Gasteiger partial charge in [-0.05, 0) is 0 Å². The molecule has 7 nitrogen and oxygen atoms in total. The van der Waals surface area contributed by atoms with Crippen molar-refractivity contribution in [3.05, 3.63) is 24.3 Å². The summed E-state index contributed by atoms with van der Waals surface area (Å²) in [7, 11) is -2.41. The zero-order valence-corrected chi connectivity index (χ0v) is 16.5. The number of anilines is 2. The molecule has 26 heavy (non-hydrogen) atoms. The zero-order chi connectivity index (χ0) is 17.4. The quantitative estimate of drug-likeness (QED) is 0.764. The fraction of sp³-hybridized carbons (Fsp3) is 0.667. The molecule has 5 rings (SSSR count). The van der Waals surface area contributed by atoms with Crippen LogP contribution in [0.2, 0.25) is 0 Å². The number of benzene rings is 1. The number of para-hydroxylation sites is 2. The van der Waals surface area contributed by atoms with Crippen molar-refractivity contribution >= 4 is 19.3 Å². The normalized spacial score (nSPS) is 25.8. The Labute approximate surface area is 156 Å². The van der Waals surface area contributed by atoms with Gasteiger partial charge in [0.2, 0.25) is 0 Å². The third-order valence-corrected chi connectivity index (χ3v) is 10.4. The van der Waals surface area contributed by atoms with Crippen LogP contribution in [-0.2, 0) is 4.62 Å². The van der Waals surface area contributed by atoms with Gasteiger partial charge in [-0.1, -0.05) is 0 Å². The van der Waals surface area contributed by atoms with E-state index < -0.39 is 7.94 Å². The summed E-state index contributed by atoms with van der Waals surface area (Å²) in [5, 5.41) is 1.91. The van der Waals surface area contributed by atoms with Crippen LogP contribution in [0.5, 0.6) is 0 Å². The Hall–Kier alpha value is -0.950. The minimum atomic E-state index is -2.41. The summed E-state index contributed by atoms with van der Waals surface area (Å²) in [5.41, 5.74) is 8.69. The van der Waals surface area contributed by atoms with Crippen molar-refractivity contribution in [3.8, 4) is 0 Å². The monoisotopic (exact) mass is 378 g/mol. The van der Waals surface area contributed by atoms with Gasteiger partial charge in [-0.15, -0.1) is 0 Å². The predicted octanol–water partition coefficient (Wildman–Crippen LogP) is 2.97. The molecule has 0 aromatic heterocycles. The van der Waals surface area contributed by atoms with E-state index in [9.17, 15) is 0 Å². The topological polar surface area (TPSA) is 46.3 Å². The molecule has 0 aliphatic carbocycles. The first-order valence-corrected chi connectivity index (χ1v) is 12.0. The maximum absolute atomic E-state index is 7.05. The van der Waals surface area contributed by atoms with Crippen LogP contribution in [0, 0.1) is 0 Å². The molecular weight excluding hydrogens is 347 g/mol. The fourth-order valence-electron chi connectivity index (χ4n) is 4.92. The third-order valence-electron chi connectivity index (χ3n) is 6.18. The molecule has 1 aromatic rings. The average molecular weight is 378 g/mol. The van der Waals surface area contributed by atoms with Gasteiger partial charge in [0, 0.05) is 0 Å². The molecule has 4 aliphatic rings. The minimum absolute atomic E-state index is 1.08. The molecule has 144 valence electrons. The Morgan fingerprint density at radius 1 is 0.731 bits per heavy atom. The van der Waals surface area contributed by atoms with Crippen molar-refractivity contribution in [2.45, 2.75) is 38.5 Å². The predicted molar refractivity (Wildman–Crippen MR) is 108 cm³/mol. The SMILES string of the molecule is c1ccc2c(c1)NNN2O[PH](N1CCCC1)(N1CCCC1)N1CCCC1. The van der Waals surface area contributed by atoms with Crippen molar-refractivity contribution in [2.24, 2.45) is 0 Å². The van der Waals surface area contributed by atoms with Crippen molar-refractivity contribution in [2.75, 3.05) is 49.9 Å². The number of hydrogen-bond acceptors (Lipinski definition) is 7. The van der Waals surface area contributed by atoms with E-state index in [0.717, 1.165) is 11.4 Å². The number of fused-ring (bicyclic) bond motifs is 1. The molecule has 0 radical (unpaired) electrons. The first-order valence-electron chi connectivity index (χ1n) is 10.2. The van der Waals surface area contributed by atoms with E-state index in [4.69, 9.17) is 4.62 Å². The number of hydrogen-bond donors (Lipinski definition) is 2. The average Bonchev–Trinajstić information content (AvgIpc) is 3.49. The van der Waals surface area contributed by atoms with Crippen LogP contribution in [0.3, 0.4) is 0 Å². The molecule has 0 bridgehead atoms. The van der Waals surface area contributed by atoms with E-state index in [1.54, 1.807) is 0 Å². The molecule has 0 saturated carbocycles. The first kappa shape index (κ1) is 17.2. The van der Waals surface area contributed by atoms with Gasteiger partial charge >= 0.3 is 156 Å². The van der Waals surface area contributed by atoms with E-state index in [1.807, 2.05) is 5.17 Å². The summed E-state index contributed by atoms with van der Waals surface area (Å²) in [5.74, 6) is 0. The van der Waals surface area contributed by atoms with Crippen LogP contribution < -0.4 is 16.1 Å². The van der Waals surface area contributed by atoms with E-state index in [1.165, 1.54) is 77.8 Å². The first-order chi connectivity index (χ1) is 12.9. The van der Waals surface area contributed by atoms with Crippen molar-refractivity contribution < 1.29 is 4.62 Å². The van der Waals surface area contributed by atoms with Gasteiger partial charge in [0.15, 0.2) is 0 Å². The molecular formula is C18H31N6OP. The van der Waals surface area contributed by atoms with Gasteiger partial charge in [0.05, 0.1) is 0 Å². The molecule has 4 aliphatic heterocycles. The summed E-state index contributed by atoms with van der Waals surface area (Å²) in [6.07, 6.45) is 7.76. The van der Waals surface area contributed by atoms with Crippen molar-refractivity contribution in [3.63, 3.8) is 0 Å². The van der Waals surface area contributed by atoms with Crippen LogP contribution in [-0.4, -0.2) is 53.3 Å². The third kappa shape index (κ3) is 2.82. The second-order valence-corrected chi connectivity index (χ2v) is 11.0. The van der Waals surface area contributed by atoms with Gasteiger partial charge in [-0.25, -0.2) is 0 Å². The number of rotatable bonds is 5. The molecule has 3 fully saturated rings. The summed E-state index contributed by atoms with van der Waals surface area (Å²) in [4.78, 5) is 0. The number of hydrazine groups is 2. The van der Waals surface area contributed by atoms with E-state index in [2.05, 4.69) is 49.2 Å². The van der Waals surface area contributed by atoms with Crippen LogP contribution in [0.15, 0.2) is 24.3 Å². The van der Waals surface area contributed by atoms with E-state index in [-0.39, 0.29) is 0 Å². The summed E-state index contributed by atoms with van der Waals surface area (Å²) >= 11 is 0. The summed E-state index contributed by atoms with van der Waals surface area (Å²) < 4.78 is 15.2. The van der Waals surface area contributed by atoms with E-state index in [0.29, 0.717) is 0 Å². The zero-order valence-electron chi connectivity index (χ0n) is 15.5. The molecule has 0 amide bonds. The van der Waals surface area contributed by atoms with Gasteiger partial charge in [-0.2, -0.15) is 0 Å². The van der Waals surface area contributed by atoms with Gasteiger partial charge < -0.3 is 0 Å². The fourth-order valence-corrected chi connectivity index (χ4v) is 9.55. The van der Waals surface area contributed by atoms with Gasteiger partial charge in [-0.3, -0.25) is 0 Å². The summed E-state index contributed by atoms with van der Waals surface area (Å²) in [6, 6.07) is 8.35. The Kier molecular flexibility index (Phi) is 4.77. The Balaban J connectivity index is 1.52. The van der Waals surface area contributed by atoms with E-state index >= 15 is 0 Å². The molecule has 0 atom stereocenters. The van der Waals surface area contributed by atoms with Crippen molar-refractivity contribution in [1.29, 1.82) is 0 Å². The second-order valence-electron chi connectivity index (χ2n) is 7.80. The number of nitrogens with one attached hydrogen (secondary N) is 2. The molecule has 1 aromatic carbocycles. The van der Waals surface area contributed by atoms with Crippen molar-refractivity contribution in [1.82, 2.24) is 19.5 Å². The van der Waals surface area contributed by atoms with Gasteiger partial charge in [0.25, 0.3) is 0 Å². The van der Waals surface area contributed by atoms with Crippen LogP contribution in [0.25, 0.3) is 0 Å². The summed E-state index contributed by atoms with van der Waals surface area (Å²) in [6.45, 7) is 7.01. The molecule has 0 unspecified atom stereocenters. The molecule has 2 N–H and O–H groups in total. The molecule has 0 spiro atoms. The second kappa shape index (κ2) is 7.23. The van der Waals surface area contributed by atoms with Crippen LogP contribution in [0.4, 0.5) is 11.4 Å². The standard InChI is InChI=1S/C18H31N6OP/c1-2-10-18-17(9-1)19-20-24(18)25-26(21-11-3-4-12-21,22-13-5-6-14-22)23-15-7-8-16-23/h1-2,9-10,19-20,26H,3-8,11-16H2. The molecule has 3 saturated heterocycles. The maximum atomic E-state index is 7.05. The Morgan fingerprint density at radius 2 is 1.23 bits per heavy atom. The Bertz CT molecular complexity index is 587. The van der Waals surface area contributed by atoms with Crippen LogP contribution >= 0.6 is 7.94 Å². The van der Waals surface area contributed by atoms with Gasteiger partial charge in [0.1, 0.15) is 0 Å². The Morgan fingerprint density at radius 3 is 1.77 bits per heavy atom.